The summed E-state index contributed by atoms with van der Waals surface area (Å²) in [5.41, 5.74) is 2.82. The van der Waals surface area contributed by atoms with Crippen molar-refractivity contribution in [2.24, 2.45) is 0 Å². The number of non-ortho nitro benzene ring substituents is 1. The van der Waals surface area contributed by atoms with Gasteiger partial charge in [0, 0.05) is 43.7 Å². The number of para-hydroxylation sites is 1. The van der Waals surface area contributed by atoms with E-state index in [9.17, 15) is 14.9 Å². The summed E-state index contributed by atoms with van der Waals surface area (Å²) in [6, 6.07) is 12.2. The molecule has 0 aliphatic rings. The van der Waals surface area contributed by atoms with Gasteiger partial charge < -0.3 is 4.57 Å². The molecule has 9 heteroatoms. The first kappa shape index (κ1) is 22.3. The normalized spacial score (nSPS) is 11.3. The molecule has 2 heterocycles. The highest BCUT2D eigenvalue weighted by Gasteiger charge is 2.18. The third kappa shape index (κ3) is 5.32. The molecule has 0 aliphatic heterocycles. The second-order valence-corrected chi connectivity index (χ2v) is 8.45. The van der Waals surface area contributed by atoms with Crippen LogP contribution in [0.2, 0.25) is 0 Å². The van der Waals surface area contributed by atoms with Gasteiger partial charge in [-0.1, -0.05) is 30.4 Å². The van der Waals surface area contributed by atoms with Crippen LogP contribution in [0.3, 0.4) is 0 Å². The Morgan fingerprint density at radius 3 is 2.76 bits per heavy atom. The predicted octanol–water partition coefficient (Wildman–Crippen LogP) is 5.10. The van der Waals surface area contributed by atoms with Crippen LogP contribution >= 0.6 is 11.3 Å². The lowest BCUT2D eigenvalue weighted by Crippen LogP contribution is -2.30. The number of amides is 1. The highest BCUT2D eigenvalue weighted by atomic mass is 32.1. The molecule has 0 saturated carbocycles. The molecule has 1 amide bonds. The molecule has 0 radical (unpaired) electrons. The van der Waals surface area contributed by atoms with E-state index in [0.717, 1.165) is 35.2 Å². The van der Waals surface area contributed by atoms with Gasteiger partial charge in [0.2, 0.25) is 0 Å². The Hall–Kier alpha value is -3.85. The number of imidazole rings is 1. The van der Waals surface area contributed by atoms with Gasteiger partial charge >= 0.3 is 0 Å². The number of benzene rings is 2. The van der Waals surface area contributed by atoms with E-state index in [2.05, 4.69) is 18.0 Å². The minimum atomic E-state index is -0.446. The van der Waals surface area contributed by atoms with Gasteiger partial charge in [0.1, 0.15) is 0 Å². The number of hydrogen-bond acceptors (Lipinski definition) is 6. The zero-order valence-electron chi connectivity index (χ0n) is 18.1. The van der Waals surface area contributed by atoms with Gasteiger partial charge in [-0.25, -0.2) is 9.97 Å². The van der Waals surface area contributed by atoms with Gasteiger partial charge in [-0.2, -0.15) is 0 Å². The first-order valence-corrected chi connectivity index (χ1v) is 11.4. The van der Waals surface area contributed by atoms with Gasteiger partial charge in [0.15, 0.2) is 5.13 Å². The molecule has 33 heavy (non-hydrogen) atoms. The molecular formula is C24H23N5O3S. The molecule has 0 N–H and O–H groups in total. The number of carbonyl (C=O) groups is 1. The van der Waals surface area contributed by atoms with Crippen LogP contribution in [0.15, 0.2) is 67.3 Å². The first-order valence-electron chi connectivity index (χ1n) is 10.6. The number of thiazole rings is 1. The molecule has 0 unspecified atom stereocenters. The molecule has 2 aromatic heterocycles. The van der Waals surface area contributed by atoms with E-state index >= 15 is 0 Å². The van der Waals surface area contributed by atoms with Crippen LogP contribution in [0.1, 0.15) is 24.5 Å². The van der Waals surface area contributed by atoms with Crippen LogP contribution in [-0.2, 0) is 17.8 Å². The fourth-order valence-electron chi connectivity index (χ4n) is 3.49. The Bertz CT molecular complexity index is 1280. The number of aryl methyl sites for hydroxylation is 2. The lowest BCUT2D eigenvalue weighted by molar-refractivity contribution is -0.384. The van der Waals surface area contributed by atoms with Gasteiger partial charge in [-0.15, -0.1) is 0 Å². The van der Waals surface area contributed by atoms with Crippen LogP contribution in [0.25, 0.3) is 16.3 Å². The average Bonchev–Trinajstić information content (AvgIpc) is 3.50. The standard InChI is InChI=1S/C24H23N5O3S/c1-2-19-5-3-6-21-23(19)26-24(33-21)28(15-4-14-27-16-13-25-17-27)22(30)12-9-18-7-10-20(11-8-18)29(31)32/h3,5-13,16-17H,2,4,14-15H2,1H3/b12-9+. The summed E-state index contributed by atoms with van der Waals surface area (Å²) >= 11 is 1.50. The third-order valence-electron chi connectivity index (χ3n) is 5.25. The van der Waals surface area contributed by atoms with E-state index < -0.39 is 4.92 Å². The maximum absolute atomic E-state index is 13.2. The van der Waals surface area contributed by atoms with Crippen LogP contribution in [0.4, 0.5) is 10.8 Å². The van der Waals surface area contributed by atoms with Crippen molar-refractivity contribution in [1.29, 1.82) is 0 Å². The van der Waals surface area contributed by atoms with Crippen molar-refractivity contribution >= 4 is 44.4 Å². The number of carbonyl (C=O) groups excluding carboxylic acids is 1. The Balaban J connectivity index is 1.57. The molecule has 0 aliphatic carbocycles. The van der Waals surface area contributed by atoms with E-state index in [1.807, 2.05) is 22.9 Å². The van der Waals surface area contributed by atoms with E-state index in [1.165, 1.54) is 29.5 Å². The zero-order valence-corrected chi connectivity index (χ0v) is 18.9. The average molecular weight is 462 g/mol. The van der Waals surface area contributed by atoms with Crippen molar-refractivity contribution in [3.05, 3.63) is 88.5 Å². The van der Waals surface area contributed by atoms with Gasteiger partial charge in [-0.3, -0.25) is 19.8 Å². The van der Waals surface area contributed by atoms with Gasteiger partial charge in [0.25, 0.3) is 11.6 Å². The number of nitro benzene ring substituents is 1. The maximum Gasteiger partial charge on any atom is 0.269 e. The molecule has 0 fully saturated rings. The van der Waals surface area contributed by atoms with Crippen LogP contribution < -0.4 is 4.90 Å². The molecule has 4 rings (SSSR count). The summed E-state index contributed by atoms with van der Waals surface area (Å²) in [5, 5.41) is 11.5. The Kier molecular flexibility index (Phi) is 6.89. The molecule has 2 aromatic carbocycles. The Morgan fingerprint density at radius 2 is 2.06 bits per heavy atom. The van der Waals surface area contributed by atoms with Crippen molar-refractivity contribution in [1.82, 2.24) is 14.5 Å². The van der Waals surface area contributed by atoms with Crippen LogP contribution in [0.5, 0.6) is 0 Å². The number of nitrogens with zero attached hydrogens (tertiary/aromatic N) is 5. The summed E-state index contributed by atoms with van der Waals surface area (Å²) < 4.78 is 3.03. The molecule has 0 atom stereocenters. The summed E-state index contributed by atoms with van der Waals surface area (Å²) in [4.78, 5) is 34.2. The van der Waals surface area contributed by atoms with Gasteiger partial charge in [0.05, 0.1) is 21.5 Å². The number of fused-ring (bicyclic) bond motifs is 1. The van der Waals surface area contributed by atoms with Crippen molar-refractivity contribution in [3.63, 3.8) is 0 Å². The second-order valence-electron chi connectivity index (χ2n) is 7.44. The number of rotatable bonds is 9. The SMILES string of the molecule is CCc1cccc2sc(N(CCCn3ccnc3)C(=O)/C=C/c3ccc([N+](=O)[O-])cc3)nc12. The molecule has 0 spiro atoms. The molecule has 168 valence electrons. The second kappa shape index (κ2) is 10.2. The van der Waals surface area contributed by atoms with Gasteiger partial charge in [-0.05, 0) is 48.2 Å². The lowest BCUT2D eigenvalue weighted by Gasteiger charge is -2.18. The van der Waals surface area contributed by atoms with E-state index in [-0.39, 0.29) is 11.6 Å². The quantitative estimate of drug-likeness (QED) is 0.196. The summed E-state index contributed by atoms with van der Waals surface area (Å²) in [7, 11) is 0. The highest BCUT2D eigenvalue weighted by molar-refractivity contribution is 7.22. The zero-order chi connectivity index (χ0) is 23.2. The lowest BCUT2D eigenvalue weighted by atomic mass is 10.1. The topological polar surface area (TPSA) is 94.2 Å². The number of aromatic nitrogens is 3. The fraction of sp³-hybridized carbons (Fsp3) is 0.208. The number of nitro groups is 1. The fourth-order valence-corrected chi connectivity index (χ4v) is 4.53. The molecule has 8 nitrogen and oxygen atoms in total. The van der Waals surface area contributed by atoms with Crippen LogP contribution in [0, 0.1) is 10.1 Å². The minimum absolute atomic E-state index is 0.0146. The van der Waals surface area contributed by atoms with Crippen molar-refractivity contribution in [2.45, 2.75) is 26.3 Å². The first-order chi connectivity index (χ1) is 16.0. The molecule has 0 bridgehead atoms. The summed E-state index contributed by atoms with van der Waals surface area (Å²) in [5.74, 6) is -0.184. The summed E-state index contributed by atoms with van der Waals surface area (Å²) in [6.07, 6.45) is 10.2. The predicted molar refractivity (Wildman–Crippen MR) is 130 cm³/mol. The maximum atomic E-state index is 13.2. The van der Waals surface area contributed by atoms with E-state index in [4.69, 9.17) is 4.98 Å². The monoisotopic (exact) mass is 461 g/mol. The van der Waals surface area contributed by atoms with E-state index in [1.54, 1.807) is 35.6 Å². The summed E-state index contributed by atoms with van der Waals surface area (Å²) in [6.45, 7) is 3.33. The largest absolute Gasteiger partial charge is 0.337 e. The Labute approximate surface area is 195 Å². The van der Waals surface area contributed by atoms with Crippen molar-refractivity contribution in [3.8, 4) is 0 Å². The van der Waals surface area contributed by atoms with E-state index in [0.29, 0.717) is 17.2 Å². The van der Waals surface area contributed by atoms with Crippen molar-refractivity contribution < 1.29 is 9.72 Å². The Morgan fingerprint density at radius 1 is 1.24 bits per heavy atom. The molecule has 4 aromatic rings. The van der Waals surface area contributed by atoms with Crippen LogP contribution in [-0.4, -0.2) is 31.9 Å². The molecule has 0 saturated heterocycles. The third-order valence-corrected chi connectivity index (χ3v) is 6.29. The number of hydrogen-bond donors (Lipinski definition) is 0. The highest BCUT2D eigenvalue weighted by Crippen LogP contribution is 2.31. The minimum Gasteiger partial charge on any atom is -0.337 e. The number of anilines is 1. The smallest absolute Gasteiger partial charge is 0.269 e. The molecular weight excluding hydrogens is 438 g/mol. The van der Waals surface area contributed by atoms with Crippen molar-refractivity contribution in [2.75, 3.05) is 11.4 Å².